The fourth-order valence-electron chi connectivity index (χ4n) is 2.97. The number of carbonyl (C=O) groups is 1. The second kappa shape index (κ2) is 6.64. The summed E-state index contributed by atoms with van der Waals surface area (Å²) >= 11 is 6.61. The number of hydrogen-bond acceptors (Lipinski definition) is 6. The van der Waals surface area contributed by atoms with Gasteiger partial charge in [-0.25, -0.2) is 4.99 Å². The molecule has 0 bridgehead atoms. The molecule has 4 rings (SSSR count). The number of hydrogen-bond donors (Lipinski definition) is 2. The van der Waals surface area contributed by atoms with Crippen molar-refractivity contribution in [2.24, 2.45) is 4.99 Å². The zero-order chi connectivity index (χ0) is 19.1. The first-order valence-corrected chi connectivity index (χ1v) is 9.33. The summed E-state index contributed by atoms with van der Waals surface area (Å²) in [6, 6.07) is 14.0. The smallest absolute Gasteiger partial charge is 0.279 e. The average molecular weight is 397 g/mol. The van der Waals surface area contributed by atoms with E-state index in [1.807, 2.05) is 30.1 Å². The highest BCUT2D eigenvalue weighted by molar-refractivity contribution is 7.73. The van der Waals surface area contributed by atoms with Gasteiger partial charge in [0.15, 0.2) is 3.95 Å². The predicted octanol–water partition coefficient (Wildman–Crippen LogP) is 2.14. The maximum Gasteiger partial charge on any atom is 0.279 e. The molecule has 0 saturated heterocycles. The van der Waals surface area contributed by atoms with Crippen LogP contribution in [0, 0.1) is 3.95 Å². The van der Waals surface area contributed by atoms with Crippen LogP contribution in [-0.4, -0.2) is 27.7 Å². The van der Waals surface area contributed by atoms with E-state index in [1.54, 1.807) is 34.9 Å². The van der Waals surface area contributed by atoms with E-state index >= 15 is 0 Å². The maximum absolute atomic E-state index is 12.4. The van der Waals surface area contributed by atoms with Gasteiger partial charge in [0.05, 0.1) is 17.6 Å². The lowest BCUT2D eigenvalue weighted by atomic mass is 10.1. The highest BCUT2D eigenvalue weighted by atomic mass is 32.1. The van der Waals surface area contributed by atoms with Gasteiger partial charge in [0, 0.05) is 18.0 Å². The number of phenols is 1. The molecule has 1 amide bonds. The van der Waals surface area contributed by atoms with E-state index in [4.69, 9.17) is 12.2 Å². The third-order valence-corrected chi connectivity index (χ3v) is 5.81. The summed E-state index contributed by atoms with van der Waals surface area (Å²) in [7, 11) is 1.85. The van der Waals surface area contributed by atoms with Crippen molar-refractivity contribution in [2.45, 2.75) is 6.67 Å². The van der Waals surface area contributed by atoms with Gasteiger partial charge in [0.25, 0.3) is 5.91 Å². The molecule has 2 N–H and O–H groups in total. The molecule has 136 valence electrons. The highest BCUT2D eigenvalue weighted by Crippen LogP contribution is 2.33. The van der Waals surface area contributed by atoms with Gasteiger partial charge in [-0.2, -0.15) is 0 Å². The van der Waals surface area contributed by atoms with Crippen LogP contribution < -0.4 is 15.5 Å². The van der Waals surface area contributed by atoms with Crippen molar-refractivity contribution in [1.82, 2.24) is 4.57 Å². The van der Waals surface area contributed by atoms with E-state index in [9.17, 15) is 15.0 Å². The number of rotatable bonds is 4. The zero-order valence-corrected chi connectivity index (χ0v) is 15.9. The molecule has 3 aromatic rings. The lowest BCUT2D eigenvalue weighted by molar-refractivity contribution is -0.112. The number of benzene rings is 2. The maximum atomic E-state index is 12.4. The van der Waals surface area contributed by atoms with E-state index in [-0.39, 0.29) is 17.5 Å². The number of phenolic OH excluding ortho intramolecular Hbond substituents is 1. The summed E-state index contributed by atoms with van der Waals surface area (Å²) in [5.41, 5.74) is 1.23. The molecule has 0 spiro atoms. The fraction of sp³-hybridized carbons (Fsp3) is 0.105. The Morgan fingerprint density at radius 2 is 1.85 bits per heavy atom. The van der Waals surface area contributed by atoms with Gasteiger partial charge in [-0.05, 0) is 42.5 Å². The van der Waals surface area contributed by atoms with Gasteiger partial charge >= 0.3 is 0 Å². The second-order valence-electron chi connectivity index (χ2n) is 6.11. The number of anilines is 1. The first-order chi connectivity index (χ1) is 13.0. The van der Waals surface area contributed by atoms with Crippen LogP contribution >= 0.6 is 23.6 Å². The quantitative estimate of drug-likeness (QED) is 0.660. The Labute approximate surface area is 163 Å². The Balaban J connectivity index is 1.76. The topological polar surface area (TPSA) is 78.1 Å². The van der Waals surface area contributed by atoms with Gasteiger partial charge in [0.2, 0.25) is 5.88 Å². The first kappa shape index (κ1) is 17.4. The van der Waals surface area contributed by atoms with Crippen molar-refractivity contribution in [2.75, 3.05) is 11.9 Å². The standard InChI is InChI=1S/C19H15N3O3S2/c1-21(11-6-8-12(23)9-7-11)10-22-18(25)16(27-19(22)26)15-13-4-2-3-5-14(13)20-17(15)24/h2-9,23,25H,10H2,1H3. The third kappa shape index (κ3) is 3.02. The van der Waals surface area contributed by atoms with E-state index in [0.29, 0.717) is 31.6 Å². The Kier molecular flexibility index (Phi) is 4.29. The van der Waals surface area contributed by atoms with Crippen molar-refractivity contribution < 1.29 is 15.0 Å². The molecule has 27 heavy (non-hydrogen) atoms. The van der Waals surface area contributed by atoms with Crippen LogP contribution in [0.25, 0.3) is 5.57 Å². The molecule has 1 aliphatic rings. The average Bonchev–Trinajstić information content (AvgIpc) is 3.12. The third-order valence-electron chi connectivity index (χ3n) is 4.35. The van der Waals surface area contributed by atoms with E-state index in [0.717, 1.165) is 5.69 Å². The number of fused-ring (bicyclic) bond motifs is 1. The Hall–Kier alpha value is -2.97. The number of thiazole rings is 1. The fourth-order valence-corrected chi connectivity index (χ4v) is 4.29. The van der Waals surface area contributed by atoms with Gasteiger partial charge in [-0.3, -0.25) is 9.36 Å². The minimum Gasteiger partial charge on any atom is -0.508 e. The first-order valence-electron chi connectivity index (χ1n) is 8.11. The largest absolute Gasteiger partial charge is 0.508 e. The summed E-state index contributed by atoms with van der Waals surface area (Å²) in [6.45, 7) is 0.298. The van der Waals surface area contributed by atoms with E-state index < -0.39 is 0 Å². The van der Waals surface area contributed by atoms with Crippen LogP contribution in [0.2, 0.25) is 0 Å². The minimum atomic E-state index is -0.373. The van der Waals surface area contributed by atoms with Crippen LogP contribution in [0.1, 0.15) is 4.88 Å². The van der Waals surface area contributed by atoms with Gasteiger partial charge in [-0.1, -0.05) is 18.2 Å². The van der Waals surface area contributed by atoms with Gasteiger partial charge in [0.1, 0.15) is 10.6 Å². The van der Waals surface area contributed by atoms with Crippen LogP contribution in [0.4, 0.5) is 5.69 Å². The Morgan fingerprint density at radius 1 is 1.15 bits per heavy atom. The Morgan fingerprint density at radius 3 is 2.59 bits per heavy atom. The van der Waals surface area contributed by atoms with Crippen LogP contribution in [-0.2, 0) is 11.5 Å². The summed E-state index contributed by atoms with van der Waals surface area (Å²) in [5.74, 6) is -0.240. The number of carbonyl (C=O) groups excluding carboxylic acids is 1. The molecule has 1 aromatic heterocycles. The monoisotopic (exact) mass is 397 g/mol. The highest BCUT2D eigenvalue weighted by Gasteiger charge is 2.25. The second-order valence-corrected chi connectivity index (χ2v) is 7.76. The zero-order valence-electron chi connectivity index (χ0n) is 14.3. The molecule has 2 aromatic carbocycles. The van der Waals surface area contributed by atoms with Crippen molar-refractivity contribution >= 4 is 40.7 Å². The lowest BCUT2D eigenvalue weighted by Crippen LogP contribution is -2.22. The molecule has 1 aliphatic heterocycles. The summed E-state index contributed by atoms with van der Waals surface area (Å²) in [5, 5.41) is 21.5. The molecule has 6 nitrogen and oxygen atoms in total. The summed E-state index contributed by atoms with van der Waals surface area (Å²) in [4.78, 5) is 18.8. The van der Waals surface area contributed by atoms with Crippen molar-refractivity contribution in [1.29, 1.82) is 0 Å². The number of aromatic hydroxyl groups is 2. The molecule has 8 heteroatoms. The van der Waals surface area contributed by atoms with Crippen molar-refractivity contribution in [3.63, 3.8) is 0 Å². The molecule has 0 atom stereocenters. The van der Waals surface area contributed by atoms with Crippen LogP contribution in [0.15, 0.2) is 53.5 Å². The number of amides is 1. The molecule has 0 aliphatic carbocycles. The SMILES string of the molecule is CN(Cn1c(O)c(C2=c3ccccc3=NC2=O)sc1=S)c1ccc(O)cc1. The predicted molar refractivity (Wildman–Crippen MR) is 106 cm³/mol. The van der Waals surface area contributed by atoms with Crippen molar-refractivity contribution in [3.05, 3.63) is 67.9 Å². The van der Waals surface area contributed by atoms with E-state index in [2.05, 4.69) is 4.99 Å². The van der Waals surface area contributed by atoms with Gasteiger partial charge < -0.3 is 15.1 Å². The van der Waals surface area contributed by atoms with Crippen LogP contribution in [0.5, 0.6) is 11.6 Å². The Bertz CT molecular complexity index is 1230. The minimum absolute atomic E-state index is 0.0501. The van der Waals surface area contributed by atoms with Crippen molar-refractivity contribution in [3.8, 4) is 11.6 Å². The molecule has 2 heterocycles. The summed E-state index contributed by atoms with van der Waals surface area (Å²) in [6.07, 6.45) is 0. The lowest BCUT2D eigenvalue weighted by Gasteiger charge is -2.20. The molecule has 0 radical (unpaired) electrons. The summed E-state index contributed by atoms with van der Waals surface area (Å²) < 4.78 is 2.03. The van der Waals surface area contributed by atoms with Gasteiger partial charge in [-0.15, -0.1) is 11.3 Å². The van der Waals surface area contributed by atoms with Crippen LogP contribution in [0.3, 0.4) is 0 Å². The van der Waals surface area contributed by atoms with E-state index in [1.165, 1.54) is 11.3 Å². The molecular formula is C19H15N3O3S2. The normalized spacial score (nSPS) is 12.8. The number of nitrogens with zero attached hydrogens (tertiary/aromatic N) is 3. The number of para-hydroxylation sites is 1. The molecule has 0 unspecified atom stereocenters. The molecule has 0 fully saturated rings. The molecular weight excluding hydrogens is 382 g/mol. The number of aromatic nitrogens is 1. The molecule has 0 saturated carbocycles.